The highest BCUT2D eigenvalue weighted by Crippen LogP contribution is 2.14. The van der Waals surface area contributed by atoms with Gasteiger partial charge in [-0.25, -0.2) is 0 Å². The largest absolute Gasteiger partial charge is 0.0911 e. The fourth-order valence-corrected chi connectivity index (χ4v) is 1.15. The molecule has 0 bridgehead atoms. The van der Waals surface area contributed by atoms with E-state index in [-0.39, 0.29) is 0 Å². The van der Waals surface area contributed by atoms with Gasteiger partial charge in [0.25, 0.3) is 0 Å². The first-order valence-electron chi connectivity index (χ1n) is 5.37. The summed E-state index contributed by atoms with van der Waals surface area (Å²) < 4.78 is 0. The van der Waals surface area contributed by atoms with Crippen LogP contribution in [-0.4, -0.2) is 0 Å². The highest BCUT2D eigenvalue weighted by Gasteiger charge is 2.03. The van der Waals surface area contributed by atoms with Crippen LogP contribution in [0.15, 0.2) is 24.3 Å². The van der Waals surface area contributed by atoms with Gasteiger partial charge in [-0.1, -0.05) is 52.0 Å². The first-order chi connectivity index (χ1) is 6.07. The average molecular weight is 180 g/mol. The predicted octanol–water partition coefficient (Wildman–Crippen LogP) is 4.44. The molecule has 0 amide bonds. The lowest BCUT2D eigenvalue weighted by molar-refractivity contribution is 0.423. The second-order valence-electron chi connectivity index (χ2n) is 4.27. The topological polar surface area (TPSA) is 0 Å². The zero-order valence-corrected chi connectivity index (χ0v) is 9.75. The third kappa shape index (κ3) is 6.62. The number of hydrogen-bond donors (Lipinski definition) is 0. The van der Waals surface area contributed by atoms with Gasteiger partial charge in [0.1, 0.15) is 0 Å². The zero-order chi connectivity index (χ0) is 10.3. The molecule has 0 aliphatic carbocycles. The lowest BCUT2D eigenvalue weighted by Crippen LogP contribution is -2.01. The summed E-state index contributed by atoms with van der Waals surface area (Å²) in [6.45, 7) is 11.2. The molecule has 0 N–H and O–H groups in total. The number of allylic oxidation sites excluding steroid dienone is 4. The van der Waals surface area contributed by atoms with Gasteiger partial charge in [0.15, 0.2) is 0 Å². The molecule has 76 valence electrons. The first kappa shape index (κ1) is 12.5. The minimum absolute atomic E-state index is 0.587. The Balaban J connectivity index is 3.74. The van der Waals surface area contributed by atoms with Crippen LogP contribution in [0.5, 0.6) is 0 Å². The van der Waals surface area contributed by atoms with Crippen molar-refractivity contribution in [2.75, 3.05) is 0 Å². The van der Waals surface area contributed by atoms with Gasteiger partial charge >= 0.3 is 0 Å². The Morgan fingerprint density at radius 3 is 2.08 bits per heavy atom. The Morgan fingerprint density at radius 1 is 1.00 bits per heavy atom. The molecule has 0 saturated carbocycles. The van der Waals surface area contributed by atoms with Crippen LogP contribution in [0.4, 0.5) is 0 Å². The molecular weight excluding hydrogens is 156 g/mol. The molecule has 0 saturated heterocycles. The van der Waals surface area contributed by atoms with Gasteiger partial charge in [-0.3, -0.25) is 0 Å². The van der Waals surface area contributed by atoms with Gasteiger partial charge in [-0.15, -0.1) is 0 Å². The summed E-state index contributed by atoms with van der Waals surface area (Å²) >= 11 is 0. The third-order valence-electron chi connectivity index (χ3n) is 2.58. The maximum atomic E-state index is 2.31. The maximum absolute atomic E-state index is 2.31. The molecule has 0 aromatic carbocycles. The van der Waals surface area contributed by atoms with Crippen LogP contribution in [0, 0.1) is 17.8 Å². The summed E-state index contributed by atoms with van der Waals surface area (Å²) in [5, 5.41) is 0. The van der Waals surface area contributed by atoms with E-state index in [9.17, 15) is 0 Å². The van der Waals surface area contributed by atoms with Crippen molar-refractivity contribution in [3.05, 3.63) is 24.3 Å². The van der Waals surface area contributed by atoms with E-state index >= 15 is 0 Å². The molecule has 0 aromatic rings. The number of rotatable bonds is 5. The van der Waals surface area contributed by atoms with Gasteiger partial charge in [-0.05, 0) is 31.1 Å². The molecule has 0 aromatic heterocycles. The Morgan fingerprint density at radius 2 is 1.62 bits per heavy atom. The van der Waals surface area contributed by atoms with E-state index in [4.69, 9.17) is 0 Å². The van der Waals surface area contributed by atoms with Crippen LogP contribution >= 0.6 is 0 Å². The summed E-state index contributed by atoms with van der Waals surface area (Å²) in [4.78, 5) is 0. The average Bonchev–Trinajstić information content (AvgIpc) is 2.04. The fraction of sp³-hybridized carbons (Fsp3) is 0.692. The van der Waals surface area contributed by atoms with Crippen LogP contribution in [-0.2, 0) is 0 Å². The second kappa shape index (κ2) is 6.94. The molecule has 0 radical (unpaired) electrons. The molecule has 0 aliphatic rings. The minimum atomic E-state index is 0.587. The van der Waals surface area contributed by atoms with E-state index in [1.807, 2.05) is 0 Å². The van der Waals surface area contributed by atoms with Gasteiger partial charge in [0.2, 0.25) is 0 Å². The molecule has 0 aliphatic heterocycles. The first-order valence-corrected chi connectivity index (χ1v) is 5.37. The van der Waals surface area contributed by atoms with Crippen molar-refractivity contribution in [3.8, 4) is 0 Å². The minimum Gasteiger partial charge on any atom is -0.0911 e. The van der Waals surface area contributed by atoms with Crippen molar-refractivity contribution in [1.29, 1.82) is 0 Å². The molecule has 0 fully saturated rings. The molecule has 0 nitrogen and oxygen atoms in total. The standard InChI is InChI=1S/C13H24/c1-6-8-12(4)9-7-10-13(5)11(2)3/h6-9,11-13H,10H2,1-5H3. The smallest absolute Gasteiger partial charge is 0.00820 e. The van der Waals surface area contributed by atoms with Crippen molar-refractivity contribution in [3.63, 3.8) is 0 Å². The summed E-state index contributed by atoms with van der Waals surface area (Å²) in [7, 11) is 0. The predicted molar refractivity (Wildman–Crippen MR) is 61.7 cm³/mol. The van der Waals surface area contributed by atoms with Gasteiger partial charge in [0.05, 0.1) is 0 Å². The Kier molecular flexibility index (Phi) is 6.66. The normalized spacial score (nSPS) is 17.4. The van der Waals surface area contributed by atoms with E-state index in [1.165, 1.54) is 6.42 Å². The van der Waals surface area contributed by atoms with Crippen LogP contribution < -0.4 is 0 Å². The quantitative estimate of drug-likeness (QED) is 0.549. The van der Waals surface area contributed by atoms with Crippen molar-refractivity contribution in [2.24, 2.45) is 17.8 Å². The molecule has 0 heteroatoms. The van der Waals surface area contributed by atoms with Crippen LogP contribution in [0.2, 0.25) is 0 Å². The fourth-order valence-electron chi connectivity index (χ4n) is 1.15. The van der Waals surface area contributed by atoms with E-state index in [0.717, 1.165) is 11.8 Å². The van der Waals surface area contributed by atoms with Crippen LogP contribution in [0.25, 0.3) is 0 Å². The lowest BCUT2D eigenvalue weighted by atomic mass is 9.94. The Labute approximate surface area is 83.7 Å². The molecular formula is C13H24. The summed E-state index contributed by atoms with van der Waals surface area (Å²) in [5.41, 5.74) is 0. The maximum Gasteiger partial charge on any atom is -0.00820 e. The van der Waals surface area contributed by atoms with E-state index in [1.54, 1.807) is 0 Å². The van der Waals surface area contributed by atoms with Crippen molar-refractivity contribution < 1.29 is 0 Å². The van der Waals surface area contributed by atoms with Crippen LogP contribution in [0.1, 0.15) is 41.0 Å². The Hall–Kier alpha value is -0.520. The van der Waals surface area contributed by atoms with Crippen molar-refractivity contribution in [2.45, 2.75) is 41.0 Å². The summed E-state index contributed by atoms with van der Waals surface area (Å²) in [6, 6.07) is 0. The number of hydrogen-bond acceptors (Lipinski definition) is 0. The van der Waals surface area contributed by atoms with E-state index < -0.39 is 0 Å². The third-order valence-corrected chi connectivity index (χ3v) is 2.58. The SMILES string of the molecule is CC=CC(C)C=CCC(C)C(C)C. The monoisotopic (exact) mass is 180 g/mol. The molecule has 0 rings (SSSR count). The molecule has 13 heavy (non-hydrogen) atoms. The lowest BCUT2D eigenvalue weighted by Gasteiger charge is -2.12. The van der Waals surface area contributed by atoms with E-state index in [2.05, 4.69) is 58.9 Å². The van der Waals surface area contributed by atoms with Crippen molar-refractivity contribution in [1.82, 2.24) is 0 Å². The molecule has 2 unspecified atom stereocenters. The van der Waals surface area contributed by atoms with E-state index in [0.29, 0.717) is 5.92 Å². The summed E-state index contributed by atoms with van der Waals surface area (Å²) in [5.74, 6) is 2.18. The molecule has 0 spiro atoms. The molecule has 0 heterocycles. The Bertz CT molecular complexity index is 163. The van der Waals surface area contributed by atoms with Gasteiger partial charge in [0, 0.05) is 0 Å². The second-order valence-corrected chi connectivity index (χ2v) is 4.27. The zero-order valence-electron chi connectivity index (χ0n) is 9.75. The van der Waals surface area contributed by atoms with Gasteiger partial charge < -0.3 is 0 Å². The highest BCUT2D eigenvalue weighted by atomic mass is 14.1. The van der Waals surface area contributed by atoms with Crippen LogP contribution in [0.3, 0.4) is 0 Å². The molecule has 2 atom stereocenters. The van der Waals surface area contributed by atoms with Crippen molar-refractivity contribution >= 4 is 0 Å². The van der Waals surface area contributed by atoms with Gasteiger partial charge in [-0.2, -0.15) is 0 Å². The summed E-state index contributed by atoms with van der Waals surface area (Å²) in [6.07, 6.45) is 10.1. The highest BCUT2D eigenvalue weighted by molar-refractivity contribution is 4.97.